The van der Waals surface area contributed by atoms with Crippen molar-refractivity contribution < 1.29 is 23.9 Å². The first-order chi connectivity index (χ1) is 14.8. The van der Waals surface area contributed by atoms with Crippen molar-refractivity contribution in [3.63, 3.8) is 0 Å². The van der Waals surface area contributed by atoms with Crippen molar-refractivity contribution in [1.82, 2.24) is 15.1 Å². The van der Waals surface area contributed by atoms with E-state index in [0.717, 1.165) is 15.7 Å². The van der Waals surface area contributed by atoms with Crippen LogP contribution in [0, 0.1) is 5.92 Å². The minimum absolute atomic E-state index is 0.222. The Morgan fingerprint density at radius 1 is 1.10 bits per heavy atom. The standard InChI is InChI=1S/C23H25N3O5/c1-23(18-9-5-7-15-6-3-4-8-17(15)18)21(29)26(22(30)24-23)14-19(27)25-12-10-16(11-13-25)20(28)31-2/h3-9,16H,10-14H2,1-2H3,(H,24,30)/t23-/m0/s1. The monoisotopic (exact) mass is 423 g/mol. The predicted molar refractivity (Wildman–Crippen MR) is 113 cm³/mol. The zero-order valence-corrected chi connectivity index (χ0v) is 17.6. The van der Waals surface area contributed by atoms with E-state index in [-0.39, 0.29) is 24.3 Å². The maximum Gasteiger partial charge on any atom is 0.325 e. The van der Waals surface area contributed by atoms with Crippen LogP contribution in [-0.2, 0) is 24.7 Å². The quantitative estimate of drug-likeness (QED) is 0.600. The van der Waals surface area contributed by atoms with E-state index < -0.39 is 17.5 Å². The van der Waals surface area contributed by atoms with Crippen LogP contribution in [-0.4, -0.2) is 60.4 Å². The second kappa shape index (κ2) is 8.02. The largest absolute Gasteiger partial charge is 0.469 e. The molecule has 2 fully saturated rings. The number of hydrogen-bond donors (Lipinski definition) is 1. The summed E-state index contributed by atoms with van der Waals surface area (Å²) in [5.74, 6) is -1.26. The Bertz CT molecular complexity index is 1050. The summed E-state index contributed by atoms with van der Waals surface area (Å²) < 4.78 is 4.77. The Hall–Kier alpha value is -3.42. The molecule has 2 saturated heterocycles. The van der Waals surface area contributed by atoms with E-state index in [1.807, 2.05) is 42.5 Å². The van der Waals surface area contributed by atoms with Gasteiger partial charge in [-0.15, -0.1) is 0 Å². The van der Waals surface area contributed by atoms with Gasteiger partial charge in [-0.1, -0.05) is 42.5 Å². The van der Waals surface area contributed by atoms with Gasteiger partial charge in [0.15, 0.2) is 0 Å². The molecule has 2 aromatic rings. The topological polar surface area (TPSA) is 96.0 Å². The lowest BCUT2D eigenvalue weighted by molar-refractivity contribution is -0.149. The van der Waals surface area contributed by atoms with Crippen LogP contribution >= 0.6 is 0 Å². The molecule has 0 aromatic heterocycles. The number of methoxy groups -OCH3 is 1. The molecule has 1 N–H and O–H groups in total. The van der Waals surface area contributed by atoms with Gasteiger partial charge >= 0.3 is 12.0 Å². The predicted octanol–water partition coefficient (Wildman–Crippen LogP) is 2.02. The Kier molecular flexibility index (Phi) is 5.39. The van der Waals surface area contributed by atoms with Crippen molar-refractivity contribution in [2.75, 3.05) is 26.7 Å². The van der Waals surface area contributed by atoms with Crippen molar-refractivity contribution in [3.05, 3.63) is 48.0 Å². The van der Waals surface area contributed by atoms with Gasteiger partial charge in [-0.25, -0.2) is 4.79 Å². The second-order valence-electron chi connectivity index (χ2n) is 8.15. The van der Waals surface area contributed by atoms with Crippen LogP contribution in [0.15, 0.2) is 42.5 Å². The molecule has 0 aliphatic carbocycles. The van der Waals surface area contributed by atoms with Gasteiger partial charge in [0.2, 0.25) is 5.91 Å². The number of urea groups is 1. The van der Waals surface area contributed by atoms with Crippen molar-refractivity contribution in [2.45, 2.75) is 25.3 Å². The normalized spacial score (nSPS) is 22.0. The number of likely N-dealkylation sites (tertiary alicyclic amines) is 1. The van der Waals surface area contributed by atoms with Crippen LogP contribution in [0.25, 0.3) is 10.8 Å². The van der Waals surface area contributed by atoms with Gasteiger partial charge in [-0.2, -0.15) is 0 Å². The molecule has 0 bridgehead atoms. The minimum atomic E-state index is -1.25. The SMILES string of the molecule is COC(=O)C1CCN(C(=O)CN2C(=O)N[C@@](C)(c3cccc4ccccc34)C2=O)CC1. The van der Waals surface area contributed by atoms with Crippen LogP contribution in [0.1, 0.15) is 25.3 Å². The molecular weight excluding hydrogens is 398 g/mol. The molecule has 4 rings (SSSR count). The van der Waals surface area contributed by atoms with Crippen LogP contribution < -0.4 is 5.32 Å². The summed E-state index contributed by atoms with van der Waals surface area (Å²) in [5.41, 5.74) is -0.561. The summed E-state index contributed by atoms with van der Waals surface area (Å²) in [5, 5.41) is 4.62. The molecule has 0 unspecified atom stereocenters. The molecule has 2 aliphatic heterocycles. The number of nitrogens with zero attached hydrogens (tertiary/aromatic N) is 2. The summed E-state index contributed by atoms with van der Waals surface area (Å²) >= 11 is 0. The lowest BCUT2D eigenvalue weighted by Gasteiger charge is -2.31. The van der Waals surface area contributed by atoms with E-state index in [1.165, 1.54) is 7.11 Å². The maximum absolute atomic E-state index is 13.3. The smallest absolute Gasteiger partial charge is 0.325 e. The van der Waals surface area contributed by atoms with E-state index in [4.69, 9.17) is 4.74 Å². The summed E-state index contributed by atoms with van der Waals surface area (Å²) in [6, 6.07) is 12.7. The van der Waals surface area contributed by atoms with Gasteiger partial charge in [0, 0.05) is 13.1 Å². The fraction of sp³-hybridized carbons (Fsp3) is 0.391. The van der Waals surface area contributed by atoms with E-state index >= 15 is 0 Å². The van der Waals surface area contributed by atoms with Crippen LogP contribution in [0.4, 0.5) is 4.79 Å². The summed E-state index contributed by atoms with van der Waals surface area (Å²) in [7, 11) is 1.35. The molecule has 2 heterocycles. The summed E-state index contributed by atoms with van der Waals surface area (Å²) in [4.78, 5) is 53.0. The number of carbonyl (C=O) groups is 4. The number of imide groups is 1. The van der Waals surface area contributed by atoms with E-state index in [1.54, 1.807) is 11.8 Å². The second-order valence-corrected chi connectivity index (χ2v) is 8.15. The third kappa shape index (κ3) is 3.62. The Morgan fingerprint density at radius 2 is 1.77 bits per heavy atom. The van der Waals surface area contributed by atoms with Crippen LogP contribution in [0.3, 0.4) is 0 Å². The number of ether oxygens (including phenoxy) is 1. The van der Waals surface area contributed by atoms with E-state index in [0.29, 0.717) is 31.5 Å². The third-order valence-electron chi connectivity index (χ3n) is 6.28. The number of rotatable bonds is 4. The van der Waals surface area contributed by atoms with Crippen molar-refractivity contribution in [2.24, 2.45) is 5.92 Å². The van der Waals surface area contributed by atoms with Crippen molar-refractivity contribution in [3.8, 4) is 0 Å². The highest BCUT2D eigenvalue weighted by Gasteiger charge is 2.50. The number of hydrogen-bond acceptors (Lipinski definition) is 5. The molecule has 0 saturated carbocycles. The number of esters is 1. The van der Waals surface area contributed by atoms with Gasteiger partial charge in [0.1, 0.15) is 12.1 Å². The molecule has 162 valence electrons. The molecule has 1 atom stereocenters. The lowest BCUT2D eigenvalue weighted by atomic mass is 9.88. The maximum atomic E-state index is 13.3. The van der Waals surface area contributed by atoms with E-state index in [9.17, 15) is 19.2 Å². The van der Waals surface area contributed by atoms with Gasteiger partial charge in [-0.3, -0.25) is 19.3 Å². The summed E-state index contributed by atoms with van der Waals surface area (Å²) in [6.45, 7) is 2.13. The fourth-order valence-corrected chi connectivity index (χ4v) is 4.45. The number of piperidine rings is 1. The lowest BCUT2D eigenvalue weighted by Crippen LogP contribution is -2.47. The highest BCUT2D eigenvalue weighted by Crippen LogP contribution is 2.34. The number of carbonyl (C=O) groups excluding carboxylic acids is 4. The number of benzene rings is 2. The van der Waals surface area contributed by atoms with Gasteiger partial charge in [-0.05, 0) is 36.1 Å². The molecule has 8 nitrogen and oxygen atoms in total. The van der Waals surface area contributed by atoms with Crippen molar-refractivity contribution in [1.29, 1.82) is 0 Å². The minimum Gasteiger partial charge on any atom is -0.469 e. The molecule has 2 aromatic carbocycles. The fourth-order valence-electron chi connectivity index (χ4n) is 4.45. The Balaban J connectivity index is 1.50. The van der Waals surface area contributed by atoms with E-state index in [2.05, 4.69) is 5.32 Å². The average Bonchev–Trinajstić information content (AvgIpc) is 3.01. The Morgan fingerprint density at radius 3 is 2.48 bits per heavy atom. The van der Waals surface area contributed by atoms with Crippen LogP contribution in [0.2, 0.25) is 0 Å². The van der Waals surface area contributed by atoms with Gasteiger partial charge in [0.25, 0.3) is 5.91 Å². The van der Waals surface area contributed by atoms with Gasteiger partial charge in [0.05, 0.1) is 13.0 Å². The first kappa shape index (κ1) is 20.8. The first-order valence-electron chi connectivity index (χ1n) is 10.3. The number of amides is 4. The highest BCUT2D eigenvalue weighted by molar-refractivity contribution is 6.10. The average molecular weight is 423 g/mol. The molecule has 8 heteroatoms. The highest BCUT2D eigenvalue weighted by atomic mass is 16.5. The zero-order chi connectivity index (χ0) is 22.2. The van der Waals surface area contributed by atoms with Crippen LogP contribution in [0.5, 0.6) is 0 Å². The third-order valence-corrected chi connectivity index (χ3v) is 6.28. The molecular formula is C23H25N3O5. The number of fused-ring (bicyclic) bond motifs is 1. The summed E-state index contributed by atoms with van der Waals surface area (Å²) in [6.07, 6.45) is 1.01. The van der Waals surface area contributed by atoms with Crippen molar-refractivity contribution >= 4 is 34.6 Å². The number of nitrogens with one attached hydrogen (secondary N) is 1. The Labute approximate surface area is 180 Å². The van der Waals surface area contributed by atoms with Gasteiger partial charge < -0.3 is 15.0 Å². The molecule has 31 heavy (non-hydrogen) atoms. The molecule has 0 radical (unpaired) electrons. The zero-order valence-electron chi connectivity index (χ0n) is 17.6. The molecule has 2 aliphatic rings. The first-order valence-corrected chi connectivity index (χ1v) is 10.3. The molecule has 0 spiro atoms. The molecule has 4 amide bonds.